The summed E-state index contributed by atoms with van der Waals surface area (Å²) in [4.78, 5) is 12.6. The first-order chi connectivity index (χ1) is 14.5. The predicted molar refractivity (Wildman–Crippen MR) is 118 cm³/mol. The maximum Gasteiger partial charge on any atom is 0.224 e. The minimum atomic E-state index is -0.107. The van der Waals surface area contributed by atoms with Gasteiger partial charge in [-0.25, -0.2) is 0 Å². The zero-order valence-electron chi connectivity index (χ0n) is 17.8. The monoisotopic (exact) mass is 405 g/mol. The molecule has 0 saturated carbocycles. The first-order valence-corrected chi connectivity index (χ1v) is 9.79. The number of rotatable bonds is 8. The molecular weight excluding hydrogens is 378 g/mol. The van der Waals surface area contributed by atoms with Crippen molar-refractivity contribution in [1.82, 2.24) is 5.32 Å². The Balaban J connectivity index is 1.67. The fourth-order valence-corrected chi connectivity index (χ4v) is 3.39. The molecule has 0 fully saturated rings. The van der Waals surface area contributed by atoms with Crippen molar-refractivity contribution < 1.29 is 19.0 Å². The summed E-state index contributed by atoms with van der Waals surface area (Å²) in [6.07, 6.45) is 0.211. The summed E-state index contributed by atoms with van der Waals surface area (Å²) in [6.45, 7) is 1.98. The van der Waals surface area contributed by atoms with Crippen molar-refractivity contribution in [2.75, 3.05) is 21.3 Å². The summed E-state index contributed by atoms with van der Waals surface area (Å²) in [5.74, 6) is 1.49. The number of hydrogen-bond donors (Lipinski definition) is 1. The van der Waals surface area contributed by atoms with Crippen LogP contribution in [0.2, 0.25) is 0 Å². The lowest BCUT2D eigenvalue weighted by Gasteiger charge is -2.17. The zero-order chi connectivity index (χ0) is 21.5. The molecule has 0 aliphatic rings. The van der Waals surface area contributed by atoms with Crippen LogP contribution in [-0.2, 0) is 11.2 Å². The average Bonchev–Trinajstić information content (AvgIpc) is 2.78. The van der Waals surface area contributed by atoms with Gasteiger partial charge in [-0.3, -0.25) is 4.79 Å². The van der Waals surface area contributed by atoms with Crippen molar-refractivity contribution in [2.24, 2.45) is 0 Å². The number of carbonyl (C=O) groups is 1. The van der Waals surface area contributed by atoms with Crippen molar-refractivity contribution in [2.45, 2.75) is 19.4 Å². The topological polar surface area (TPSA) is 56.8 Å². The van der Waals surface area contributed by atoms with Gasteiger partial charge in [0, 0.05) is 0 Å². The number of amides is 1. The van der Waals surface area contributed by atoms with E-state index in [1.165, 1.54) is 5.56 Å². The van der Waals surface area contributed by atoms with Gasteiger partial charge in [0.1, 0.15) is 0 Å². The molecule has 5 heteroatoms. The first kappa shape index (κ1) is 21.2. The van der Waals surface area contributed by atoms with E-state index in [0.717, 1.165) is 16.7 Å². The number of carbonyl (C=O) groups excluding carboxylic acids is 1. The van der Waals surface area contributed by atoms with E-state index in [0.29, 0.717) is 17.2 Å². The third-order valence-electron chi connectivity index (χ3n) is 4.98. The minimum Gasteiger partial charge on any atom is -0.493 e. The third-order valence-corrected chi connectivity index (χ3v) is 4.98. The highest BCUT2D eigenvalue weighted by atomic mass is 16.5. The number of nitrogens with one attached hydrogen (secondary N) is 1. The van der Waals surface area contributed by atoms with Crippen LogP contribution in [0.4, 0.5) is 0 Å². The lowest BCUT2D eigenvalue weighted by atomic mass is 10.0. The predicted octanol–water partition coefficient (Wildman–Crippen LogP) is 4.80. The fourth-order valence-electron chi connectivity index (χ4n) is 3.39. The molecule has 0 saturated heterocycles. The van der Waals surface area contributed by atoms with E-state index < -0.39 is 0 Å². The first-order valence-electron chi connectivity index (χ1n) is 9.79. The number of benzene rings is 3. The Morgan fingerprint density at radius 3 is 1.93 bits per heavy atom. The lowest BCUT2D eigenvalue weighted by molar-refractivity contribution is -0.121. The SMILES string of the molecule is COc1cc(CC(=O)NC(C)c2ccc(-c3ccccc3)cc2)cc(OC)c1OC. The van der Waals surface area contributed by atoms with Gasteiger partial charge in [-0.15, -0.1) is 0 Å². The van der Waals surface area contributed by atoms with E-state index in [-0.39, 0.29) is 18.4 Å². The van der Waals surface area contributed by atoms with Crippen LogP contribution in [0, 0.1) is 0 Å². The van der Waals surface area contributed by atoms with E-state index in [1.54, 1.807) is 33.5 Å². The van der Waals surface area contributed by atoms with Gasteiger partial charge in [-0.1, -0.05) is 54.6 Å². The van der Waals surface area contributed by atoms with Gasteiger partial charge in [0.2, 0.25) is 11.7 Å². The molecule has 30 heavy (non-hydrogen) atoms. The van der Waals surface area contributed by atoms with Gasteiger partial charge in [0.05, 0.1) is 33.8 Å². The summed E-state index contributed by atoms with van der Waals surface area (Å²) in [5.41, 5.74) is 4.15. The minimum absolute atomic E-state index is 0.0797. The molecule has 156 valence electrons. The average molecular weight is 405 g/mol. The molecule has 0 radical (unpaired) electrons. The maximum absolute atomic E-state index is 12.6. The van der Waals surface area contributed by atoms with Gasteiger partial charge < -0.3 is 19.5 Å². The molecular formula is C25H27NO4. The van der Waals surface area contributed by atoms with Crippen LogP contribution in [-0.4, -0.2) is 27.2 Å². The molecule has 1 N–H and O–H groups in total. The number of methoxy groups -OCH3 is 3. The second-order valence-corrected chi connectivity index (χ2v) is 6.99. The highest BCUT2D eigenvalue weighted by Crippen LogP contribution is 2.38. The Morgan fingerprint density at radius 2 is 1.40 bits per heavy atom. The fraction of sp³-hybridized carbons (Fsp3) is 0.240. The Bertz CT molecular complexity index is 959. The standard InChI is InChI=1S/C25H27NO4/c1-17(19-10-12-21(13-11-19)20-8-6-5-7-9-20)26-24(27)16-18-14-22(28-2)25(30-4)23(15-18)29-3/h5-15,17H,16H2,1-4H3,(H,26,27). The van der Waals surface area contributed by atoms with Crippen LogP contribution >= 0.6 is 0 Å². The van der Waals surface area contributed by atoms with Crippen LogP contribution in [0.3, 0.4) is 0 Å². The van der Waals surface area contributed by atoms with Crippen molar-refractivity contribution in [1.29, 1.82) is 0 Å². The highest BCUT2D eigenvalue weighted by Gasteiger charge is 2.16. The molecule has 1 atom stereocenters. The molecule has 3 aromatic carbocycles. The number of ether oxygens (including phenoxy) is 3. The molecule has 3 rings (SSSR count). The van der Waals surface area contributed by atoms with Gasteiger partial charge in [-0.05, 0) is 41.3 Å². The van der Waals surface area contributed by atoms with Crippen molar-refractivity contribution in [3.63, 3.8) is 0 Å². The van der Waals surface area contributed by atoms with Crippen LogP contribution in [0.1, 0.15) is 24.1 Å². The Hall–Kier alpha value is -3.47. The van der Waals surface area contributed by atoms with Crippen molar-refractivity contribution in [3.8, 4) is 28.4 Å². The van der Waals surface area contributed by atoms with E-state index in [9.17, 15) is 4.79 Å². The largest absolute Gasteiger partial charge is 0.493 e. The summed E-state index contributed by atoms with van der Waals surface area (Å²) in [6, 6.07) is 21.9. The summed E-state index contributed by atoms with van der Waals surface area (Å²) < 4.78 is 16.1. The Morgan fingerprint density at radius 1 is 0.833 bits per heavy atom. The molecule has 0 bridgehead atoms. The second-order valence-electron chi connectivity index (χ2n) is 6.99. The quantitative estimate of drug-likeness (QED) is 0.585. The van der Waals surface area contributed by atoms with E-state index in [1.807, 2.05) is 37.3 Å². The summed E-state index contributed by atoms with van der Waals surface area (Å²) >= 11 is 0. The zero-order valence-corrected chi connectivity index (χ0v) is 17.8. The van der Waals surface area contributed by atoms with E-state index in [2.05, 4.69) is 29.6 Å². The van der Waals surface area contributed by atoms with Crippen LogP contribution < -0.4 is 19.5 Å². The highest BCUT2D eigenvalue weighted by molar-refractivity contribution is 5.79. The second kappa shape index (κ2) is 9.83. The van der Waals surface area contributed by atoms with Crippen LogP contribution in [0.5, 0.6) is 17.2 Å². The molecule has 5 nitrogen and oxygen atoms in total. The molecule has 1 unspecified atom stereocenters. The summed E-state index contributed by atoms with van der Waals surface area (Å²) in [7, 11) is 4.67. The number of hydrogen-bond acceptors (Lipinski definition) is 4. The smallest absolute Gasteiger partial charge is 0.224 e. The van der Waals surface area contributed by atoms with Crippen LogP contribution in [0.25, 0.3) is 11.1 Å². The Labute approximate surface area is 177 Å². The summed E-state index contributed by atoms with van der Waals surface area (Å²) in [5, 5.41) is 3.06. The third kappa shape index (κ3) is 4.92. The van der Waals surface area contributed by atoms with Gasteiger partial charge in [0.15, 0.2) is 11.5 Å². The van der Waals surface area contributed by atoms with E-state index in [4.69, 9.17) is 14.2 Å². The van der Waals surface area contributed by atoms with Gasteiger partial charge in [-0.2, -0.15) is 0 Å². The lowest BCUT2D eigenvalue weighted by Crippen LogP contribution is -2.28. The maximum atomic E-state index is 12.6. The van der Waals surface area contributed by atoms with Gasteiger partial charge >= 0.3 is 0 Å². The molecule has 0 heterocycles. The normalized spacial score (nSPS) is 11.5. The molecule has 0 aromatic heterocycles. The van der Waals surface area contributed by atoms with Crippen LogP contribution in [0.15, 0.2) is 66.7 Å². The van der Waals surface area contributed by atoms with Gasteiger partial charge in [0.25, 0.3) is 0 Å². The molecule has 3 aromatic rings. The molecule has 0 spiro atoms. The van der Waals surface area contributed by atoms with Crippen molar-refractivity contribution >= 4 is 5.91 Å². The van der Waals surface area contributed by atoms with E-state index >= 15 is 0 Å². The molecule has 0 aliphatic carbocycles. The van der Waals surface area contributed by atoms with Crippen molar-refractivity contribution in [3.05, 3.63) is 77.9 Å². The molecule has 1 amide bonds. The molecule has 0 aliphatic heterocycles. The Kier molecular flexibility index (Phi) is 6.96.